The van der Waals surface area contributed by atoms with Crippen molar-refractivity contribution >= 4 is 29.2 Å². The highest BCUT2D eigenvalue weighted by atomic mass is 35.5. The van der Waals surface area contributed by atoms with Gasteiger partial charge in [-0.2, -0.15) is 0 Å². The van der Waals surface area contributed by atoms with Gasteiger partial charge in [0.15, 0.2) is 0 Å². The van der Waals surface area contributed by atoms with E-state index in [2.05, 4.69) is 17.1 Å². The molecule has 1 aliphatic rings. The van der Waals surface area contributed by atoms with Crippen LogP contribution in [0.25, 0.3) is 0 Å². The van der Waals surface area contributed by atoms with E-state index in [1.807, 2.05) is 24.3 Å². The van der Waals surface area contributed by atoms with Crippen LogP contribution in [0.3, 0.4) is 0 Å². The lowest BCUT2D eigenvalue weighted by Crippen LogP contribution is -2.38. The van der Waals surface area contributed by atoms with Crippen molar-refractivity contribution < 1.29 is 14.3 Å². The third-order valence-corrected chi connectivity index (χ3v) is 6.27. The monoisotopic (exact) mass is 456 g/mol. The van der Waals surface area contributed by atoms with Crippen LogP contribution in [0.2, 0.25) is 5.02 Å². The lowest BCUT2D eigenvalue weighted by molar-refractivity contribution is 0.0526. The number of anilines is 1. The van der Waals surface area contributed by atoms with Crippen molar-refractivity contribution in [2.45, 2.75) is 58.4 Å². The number of hydrogen-bond acceptors (Lipinski definition) is 4. The average molecular weight is 457 g/mol. The van der Waals surface area contributed by atoms with Gasteiger partial charge in [0.25, 0.3) is 5.91 Å². The first-order valence-corrected chi connectivity index (χ1v) is 12.0. The number of nitrogens with one attached hydrogen (secondary N) is 1. The molecule has 0 bridgehead atoms. The van der Waals surface area contributed by atoms with E-state index >= 15 is 0 Å². The lowest BCUT2D eigenvalue weighted by atomic mass is 9.93. The minimum atomic E-state index is -0.320. The molecule has 1 fully saturated rings. The number of esters is 1. The molecule has 3 rings (SSSR count). The fourth-order valence-electron chi connectivity index (χ4n) is 4.40. The van der Waals surface area contributed by atoms with Crippen molar-refractivity contribution in [3.8, 4) is 0 Å². The Morgan fingerprint density at radius 1 is 1.06 bits per heavy atom. The molecular formula is C26H33ClN2O3. The maximum atomic E-state index is 13.1. The highest BCUT2D eigenvalue weighted by Gasteiger charge is 2.24. The van der Waals surface area contributed by atoms with Crippen molar-refractivity contribution in [2.75, 3.05) is 24.6 Å². The van der Waals surface area contributed by atoms with Crippen molar-refractivity contribution in [3.05, 3.63) is 64.2 Å². The fourth-order valence-corrected chi connectivity index (χ4v) is 4.57. The number of ether oxygens (including phenoxy) is 1. The van der Waals surface area contributed by atoms with E-state index in [1.54, 1.807) is 25.1 Å². The molecule has 172 valence electrons. The minimum Gasteiger partial charge on any atom is -0.462 e. The zero-order chi connectivity index (χ0) is 22.9. The maximum absolute atomic E-state index is 13.1. The summed E-state index contributed by atoms with van der Waals surface area (Å²) in [7, 11) is 0. The topological polar surface area (TPSA) is 58.6 Å². The second-order valence-electron chi connectivity index (χ2n) is 8.16. The van der Waals surface area contributed by atoms with Crippen LogP contribution < -0.4 is 10.2 Å². The molecule has 0 radical (unpaired) electrons. The van der Waals surface area contributed by atoms with Crippen LogP contribution in [0, 0.1) is 0 Å². The third-order valence-electron chi connectivity index (χ3n) is 6.03. The van der Waals surface area contributed by atoms with Gasteiger partial charge in [0.1, 0.15) is 0 Å². The Morgan fingerprint density at radius 2 is 1.78 bits per heavy atom. The molecule has 1 aliphatic carbocycles. The standard InChI is InChI=1S/C26H33ClN2O3/c1-3-29(22-8-6-5-7-9-22)24-15-14-21(27)18-23(24)25(30)28-17-16-19-10-12-20(13-11-19)26(31)32-4-2/h10-15,18,22H,3-9,16-17H2,1-2H3,(H,28,30). The number of hydrogen-bond donors (Lipinski definition) is 1. The average Bonchev–Trinajstić information content (AvgIpc) is 2.81. The van der Waals surface area contributed by atoms with Gasteiger partial charge < -0.3 is 15.0 Å². The molecule has 0 spiro atoms. The zero-order valence-electron chi connectivity index (χ0n) is 19.0. The van der Waals surface area contributed by atoms with Gasteiger partial charge in [-0.3, -0.25) is 4.79 Å². The third kappa shape index (κ3) is 6.26. The van der Waals surface area contributed by atoms with E-state index < -0.39 is 0 Å². The normalized spacial score (nSPS) is 14.1. The second-order valence-corrected chi connectivity index (χ2v) is 8.60. The fraction of sp³-hybridized carbons (Fsp3) is 0.462. The quantitative estimate of drug-likeness (QED) is 0.495. The van der Waals surface area contributed by atoms with Crippen molar-refractivity contribution in [1.29, 1.82) is 0 Å². The molecule has 2 aromatic carbocycles. The molecule has 1 N–H and O–H groups in total. The molecule has 0 aromatic heterocycles. The summed E-state index contributed by atoms with van der Waals surface area (Å²) in [5.74, 6) is -0.431. The molecule has 1 saturated carbocycles. The highest BCUT2D eigenvalue weighted by molar-refractivity contribution is 6.31. The molecule has 2 aromatic rings. The number of halogens is 1. The first kappa shape index (κ1) is 24.1. The summed E-state index contributed by atoms with van der Waals surface area (Å²) in [6.07, 6.45) is 6.78. The Balaban J connectivity index is 1.64. The minimum absolute atomic E-state index is 0.111. The van der Waals surface area contributed by atoms with Crippen molar-refractivity contribution in [2.24, 2.45) is 0 Å². The van der Waals surface area contributed by atoms with E-state index in [0.29, 0.717) is 41.8 Å². The highest BCUT2D eigenvalue weighted by Crippen LogP contribution is 2.31. The van der Waals surface area contributed by atoms with Gasteiger partial charge in [0.05, 0.1) is 17.7 Å². The van der Waals surface area contributed by atoms with Gasteiger partial charge in [-0.15, -0.1) is 0 Å². The summed E-state index contributed by atoms with van der Waals surface area (Å²) in [5.41, 5.74) is 3.16. The molecule has 5 nitrogen and oxygen atoms in total. The van der Waals surface area contributed by atoms with Crippen LogP contribution in [-0.2, 0) is 11.2 Å². The number of amides is 1. The molecule has 0 saturated heterocycles. The van der Waals surface area contributed by atoms with Crippen molar-refractivity contribution in [3.63, 3.8) is 0 Å². The molecule has 0 heterocycles. The zero-order valence-corrected chi connectivity index (χ0v) is 19.8. The summed E-state index contributed by atoms with van der Waals surface area (Å²) >= 11 is 6.25. The number of nitrogens with zero attached hydrogens (tertiary/aromatic N) is 1. The van der Waals surface area contributed by atoms with Gasteiger partial charge in [0, 0.05) is 29.8 Å². The predicted molar refractivity (Wildman–Crippen MR) is 130 cm³/mol. The molecular weight excluding hydrogens is 424 g/mol. The van der Waals surface area contributed by atoms with E-state index in [9.17, 15) is 9.59 Å². The molecule has 0 aliphatic heterocycles. The Labute approximate surface area is 196 Å². The molecule has 6 heteroatoms. The SMILES string of the molecule is CCOC(=O)c1ccc(CCNC(=O)c2cc(Cl)ccc2N(CC)C2CCCCC2)cc1. The van der Waals surface area contributed by atoms with Gasteiger partial charge in [-0.25, -0.2) is 4.79 Å². The van der Waals surface area contributed by atoms with E-state index in [1.165, 1.54) is 32.1 Å². The van der Waals surface area contributed by atoms with Crippen molar-refractivity contribution in [1.82, 2.24) is 5.32 Å². The first-order valence-electron chi connectivity index (χ1n) is 11.6. The first-order chi connectivity index (χ1) is 15.5. The molecule has 0 unspecified atom stereocenters. The maximum Gasteiger partial charge on any atom is 0.338 e. The van der Waals surface area contributed by atoms with Crippen LogP contribution in [-0.4, -0.2) is 37.6 Å². The summed E-state index contributed by atoms with van der Waals surface area (Å²) < 4.78 is 5.01. The Bertz CT molecular complexity index is 908. The van der Waals surface area contributed by atoms with E-state index in [-0.39, 0.29) is 11.9 Å². The van der Waals surface area contributed by atoms with Crippen LogP contribution in [0.5, 0.6) is 0 Å². The van der Waals surface area contributed by atoms with Crippen LogP contribution >= 0.6 is 11.6 Å². The van der Waals surface area contributed by atoms with Gasteiger partial charge >= 0.3 is 5.97 Å². The van der Waals surface area contributed by atoms with Gasteiger partial charge in [-0.05, 0) is 69.0 Å². The van der Waals surface area contributed by atoms with Gasteiger partial charge in [-0.1, -0.05) is 43.0 Å². The molecule has 1 amide bonds. The predicted octanol–water partition coefficient (Wildman–Crippen LogP) is 5.65. The Morgan fingerprint density at radius 3 is 2.44 bits per heavy atom. The summed E-state index contributed by atoms with van der Waals surface area (Å²) in [4.78, 5) is 27.2. The smallest absolute Gasteiger partial charge is 0.338 e. The van der Waals surface area contributed by atoms with E-state index in [4.69, 9.17) is 16.3 Å². The number of benzene rings is 2. The Hall–Kier alpha value is -2.53. The largest absolute Gasteiger partial charge is 0.462 e. The molecule has 32 heavy (non-hydrogen) atoms. The van der Waals surface area contributed by atoms with Crippen LogP contribution in [0.1, 0.15) is 72.2 Å². The number of rotatable bonds is 9. The number of carbonyl (C=O) groups excluding carboxylic acids is 2. The van der Waals surface area contributed by atoms with Gasteiger partial charge in [0.2, 0.25) is 0 Å². The van der Waals surface area contributed by atoms with Crippen LogP contribution in [0.4, 0.5) is 5.69 Å². The van der Waals surface area contributed by atoms with Crippen LogP contribution in [0.15, 0.2) is 42.5 Å². The summed E-state index contributed by atoms with van der Waals surface area (Å²) in [6, 6.07) is 13.4. The van der Waals surface area contributed by atoms with E-state index in [0.717, 1.165) is 17.8 Å². The Kier molecular flexibility index (Phi) is 8.98. The lowest BCUT2D eigenvalue weighted by Gasteiger charge is -2.36. The number of carbonyl (C=O) groups is 2. The molecule has 0 atom stereocenters. The summed E-state index contributed by atoms with van der Waals surface area (Å²) in [5, 5.41) is 3.60. The second kappa shape index (κ2) is 11.9. The summed E-state index contributed by atoms with van der Waals surface area (Å²) in [6.45, 7) is 5.65.